The quantitative estimate of drug-likeness (QED) is 0.141. The molecule has 0 unspecified atom stereocenters. The van der Waals surface area contributed by atoms with Gasteiger partial charge in [-0.2, -0.15) is 5.10 Å². The summed E-state index contributed by atoms with van der Waals surface area (Å²) < 4.78 is 34.0. The standard InChI is InChI=1S/C31H30N4O6S/c1-22-4-15-29(16-5-22)42(39,40)34(30-17-6-23(2)18-24(30)3)20-31(36)33-32-19-25-9-13-28(14-10-25)41-21-26-7-11-27(12-8-26)35(37)38/h4-19H,20-21H2,1-3H3,(H,33,36)/b32-19-. The molecule has 0 radical (unpaired) electrons. The van der Waals surface area contributed by atoms with E-state index in [9.17, 15) is 23.3 Å². The fourth-order valence-electron chi connectivity index (χ4n) is 4.10. The lowest BCUT2D eigenvalue weighted by Crippen LogP contribution is -2.40. The highest BCUT2D eigenvalue weighted by Gasteiger charge is 2.28. The molecule has 42 heavy (non-hydrogen) atoms. The van der Waals surface area contributed by atoms with E-state index in [1.165, 1.54) is 30.5 Å². The van der Waals surface area contributed by atoms with Gasteiger partial charge in [-0.25, -0.2) is 13.8 Å². The number of non-ortho nitro benzene ring substituents is 1. The number of sulfonamides is 1. The number of amides is 1. The SMILES string of the molecule is Cc1ccc(S(=O)(=O)N(CC(=O)N/N=C\c2ccc(OCc3ccc([N+](=O)[O-])cc3)cc2)c2ccc(C)cc2C)cc1. The van der Waals surface area contributed by atoms with Crippen LogP contribution in [-0.2, 0) is 21.4 Å². The lowest BCUT2D eigenvalue weighted by Gasteiger charge is -2.25. The number of hydrazone groups is 1. The number of nitro groups is 1. The van der Waals surface area contributed by atoms with Crippen molar-refractivity contribution in [2.24, 2.45) is 5.10 Å². The summed E-state index contributed by atoms with van der Waals surface area (Å²) in [5, 5.41) is 14.8. The van der Waals surface area contributed by atoms with Gasteiger partial charge < -0.3 is 4.74 Å². The first-order valence-corrected chi connectivity index (χ1v) is 14.4. The van der Waals surface area contributed by atoms with Crippen LogP contribution in [0.4, 0.5) is 11.4 Å². The van der Waals surface area contributed by atoms with Crippen LogP contribution in [0.25, 0.3) is 0 Å². The monoisotopic (exact) mass is 586 g/mol. The van der Waals surface area contributed by atoms with E-state index in [2.05, 4.69) is 10.5 Å². The lowest BCUT2D eigenvalue weighted by molar-refractivity contribution is -0.384. The number of benzene rings is 4. The first-order chi connectivity index (χ1) is 20.0. The van der Waals surface area contributed by atoms with Gasteiger partial charge in [0.25, 0.3) is 21.6 Å². The van der Waals surface area contributed by atoms with Crippen molar-refractivity contribution in [3.05, 3.63) is 129 Å². The fraction of sp³-hybridized carbons (Fsp3) is 0.161. The minimum atomic E-state index is -4.04. The molecule has 0 atom stereocenters. The zero-order valence-electron chi connectivity index (χ0n) is 23.4. The molecule has 0 saturated carbocycles. The normalized spacial score (nSPS) is 11.3. The zero-order chi connectivity index (χ0) is 30.3. The predicted molar refractivity (Wildman–Crippen MR) is 161 cm³/mol. The topological polar surface area (TPSA) is 131 Å². The Hall–Kier alpha value is -5.03. The third-order valence-corrected chi connectivity index (χ3v) is 8.13. The Labute approximate surface area is 244 Å². The number of ether oxygens (including phenoxy) is 1. The maximum absolute atomic E-state index is 13.6. The molecule has 0 spiro atoms. The van der Waals surface area contributed by atoms with Crippen LogP contribution in [0.1, 0.15) is 27.8 Å². The van der Waals surface area contributed by atoms with Crippen LogP contribution < -0.4 is 14.5 Å². The zero-order valence-corrected chi connectivity index (χ0v) is 24.2. The van der Waals surface area contributed by atoms with Crippen molar-refractivity contribution in [1.29, 1.82) is 0 Å². The molecule has 0 saturated heterocycles. The number of nitro benzene ring substituents is 1. The maximum Gasteiger partial charge on any atom is 0.269 e. The molecular weight excluding hydrogens is 556 g/mol. The first-order valence-electron chi connectivity index (χ1n) is 13.0. The van der Waals surface area contributed by atoms with Crippen LogP contribution in [-0.4, -0.2) is 32.0 Å². The molecule has 4 rings (SSSR count). The summed E-state index contributed by atoms with van der Waals surface area (Å²) in [5.41, 5.74) is 6.91. The molecular formula is C31H30N4O6S. The highest BCUT2D eigenvalue weighted by atomic mass is 32.2. The van der Waals surface area contributed by atoms with E-state index in [0.717, 1.165) is 26.6 Å². The molecule has 0 heterocycles. The van der Waals surface area contributed by atoms with E-state index in [1.54, 1.807) is 67.6 Å². The second-order valence-corrected chi connectivity index (χ2v) is 11.6. The molecule has 216 valence electrons. The van der Waals surface area contributed by atoms with Gasteiger partial charge in [-0.3, -0.25) is 19.2 Å². The molecule has 0 bridgehead atoms. The van der Waals surface area contributed by atoms with E-state index in [4.69, 9.17) is 4.74 Å². The number of anilines is 1. The van der Waals surface area contributed by atoms with Crippen molar-refractivity contribution in [3.8, 4) is 5.75 Å². The van der Waals surface area contributed by atoms with Crippen LogP contribution >= 0.6 is 0 Å². The van der Waals surface area contributed by atoms with E-state index in [0.29, 0.717) is 17.0 Å². The average molecular weight is 587 g/mol. The second-order valence-electron chi connectivity index (χ2n) is 9.69. The summed E-state index contributed by atoms with van der Waals surface area (Å²) in [6.45, 7) is 5.35. The Bertz CT molecular complexity index is 1700. The van der Waals surface area contributed by atoms with Gasteiger partial charge in [-0.05, 0) is 92.1 Å². The molecule has 1 N–H and O–H groups in total. The molecule has 11 heteroatoms. The van der Waals surface area contributed by atoms with Crippen molar-refractivity contribution >= 4 is 33.5 Å². The lowest BCUT2D eigenvalue weighted by atomic mass is 10.1. The molecule has 0 aromatic heterocycles. The van der Waals surface area contributed by atoms with Crippen LogP contribution in [0.3, 0.4) is 0 Å². The van der Waals surface area contributed by atoms with E-state index in [-0.39, 0.29) is 17.2 Å². The van der Waals surface area contributed by atoms with Crippen molar-refractivity contribution in [3.63, 3.8) is 0 Å². The van der Waals surface area contributed by atoms with Gasteiger partial charge in [0.05, 0.1) is 21.7 Å². The van der Waals surface area contributed by atoms with Gasteiger partial charge in [-0.1, -0.05) is 35.4 Å². The van der Waals surface area contributed by atoms with Crippen molar-refractivity contribution in [1.82, 2.24) is 5.43 Å². The summed E-state index contributed by atoms with van der Waals surface area (Å²) in [6, 6.07) is 24.9. The van der Waals surface area contributed by atoms with Crippen LogP contribution in [0.15, 0.2) is 101 Å². The third kappa shape index (κ3) is 7.58. The Balaban J connectivity index is 1.40. The van der Waals surface area contributed by atoms with Gasteiger partial charge in [0.15, 0.2) is 0 Å². The number of carbonyl (C=O) groups excluding carboxylic acids is 1. The molecule has 0 aliphatic heterocycles. The van der Waals surface area contributed by atoms with E-state index in [1.807, 2.05) is 19.9 Å². The Morgan fingerprint density at radius 1 is 0.929 bits per heavy atom. The van der Waals surface area contributed by atoms with Crippen LogP contribution in [0, 0.1) is 30.9 Å². The first kappa shape index (κ1) is 29.9. The predicted octanol–water partition coefficient (Wildman–Crippen LogP) is 5.44. The van der Waals surface area contributed by atoms with Crippen molar-refractivity contribution in [2.75, 3.05) is 10.8 Å². The molecule has 4 aromatic carbocycles. The van der Waals surface area contributed by atoms with Gasteiger partial charge >= 0.3 is 0 Å². The molecule has 10 nitrogen and oxygen atoms in total. The summed E-state index contributed by atoms with van der Waals surface area (Å²) in [7, 11) is -4.04. The van der Waals surface area contributed by atoms with Gasteiger partial charge in [-0.15, -0.1) is 0 Å². The molecule has 0 aliphatic rings. The third-order valence-electron chi connectivity index (χ3n) is 6.35. The number of hydrogen-bond donors (Lipinski definition) is 1. The maximum atomic E-state index is 13.6. The Kier molecular flexibility index (Phi) is 9.33. The van der Waals surface area contributed by atoms with Crippen molar-refractivity contribution < 1.29 is 22.9 Å². The Morgan fingerprint density at radius 3 is 2.19 bits per heavy atom. The van der Waals surface area contributed by atoms with E-state index < -0.39 is 27.4 Å². The smallest absolute Gasteiger partial charge is 0.269 e. The molecule has 0 fully saturated rings. The largest absolute Gasteiger partial charge is 0.489 e. The number of nitrogens with one attached hydrogen (secondary N) is 1. The fourth-order valence-corrected chi connectivity index (χ4v) is 5.58. The van der Waals surface area contributed by atoms with Gasteiger partial charge in [0.2, 0.25) is 0 Å². The average Bonchev–Trinajstić information content (AvgIpc) is 2.96. The number of nitrogens with zero attached hydrogens (tertiary/aromatic N) is 3. The Morgan fingerprint density at radius 2 is 1.57 bits per heavy atom. The van der Waals surface area contributed by atoms with Crippen LogP contribution in [0.2, 0.25) is 0 Å². The van der Waals surface area contributed by atoms with Crippen molar-refractivity contribution in [2.45, 2.75) is 32.3 Å². The van der Waals surface area contributed by atoms with Gasteiger partial charge in [0.1, 0.15) is 18.9 Å². The van der Waals surface area contributed by atoms with Gasteiger partial charge in [0, 0.05) is 12.1 Å². The van der Waals surface area contributed by atoms with Crippen LogP contribution in [0.5, 0.6) is 5.75 Å². The number of hydrogen-bond acceptors (Lipinski definition) is 7. The number of carbonyl (C=O) groups is 1. The molecule has 4 aromatic rings. The number of rotatable bonds is 11. The molecule has 1 amide bonds. The second kappa shape index (κ2) is 13.1. The minimum Gasteiger partial charge on any atom is -0.489 e. The minimum absolute atomic E-state index is 0.0142. The molecule has 0 aliphatic carbocycles. The summed E-state index contributed by atoms with van der Waals surface area (Å²) >= 11 is 0. The number of aryl methyl sites for hydroxylation is 3. The highest BCUT2D eigenvalue weighted by molar-refractivity contribution is 7.92. The van der Waals surface area contributed by atoms with E-state index >= 15 is 0 Å². The summed E-state index contributed by atoms with van der Waals surface area (Å²) in [4.78, 5) is 23.3. The summed E-state index contributed by atoms with van der Waals surface area (Å²) in [6.07, 6.45) is 1.44. The summed E-state index contributed by atoms with van der Waals surface area (Å²) in [5.74, 6) is -0.0232. The highest BCUT2D eigenvalue weighted by Crippen LogP contribution is 2.27.